The second-order valence-electron chi connectivity index (χ2n) is 8.47. The molecule has 0 aliphatic carbocycles. The third-order valence-corrected chi connectivity index (χ3v) is 5.00. The number of hydrogen-bond acceptors (Lipinski definition) is 5. The summed E-state index contributed by atoms with van der Waals surface area (Å²) >= 11 is 0. The van der Waals surface area contributed by atoms with Crippen molar-refractivity contribution in [1.29, 1.82) is 0 Å². The van der Waals surface area contributed by atoms with Gasteiger partial charge in [0.2, 0.25) is 0 Å². The predicted molar refractivity (Wildman–Crippen MR) is 129 cm³/mol. The standard InChI is InChI=1S/C20H22O3.C7H7NO2/c1-20(2,3)16-9-5-14(6-10-16)18(21)13-19(22)15-7-11-17(23-4)12-8-15;8-6-4-2-1-3-5(6)7(9)10/h5-12H,13H2,1-4H3;1-4H,8H2,(H,9,10). The number of carbonyl (C=O) groups is 3. The van der Waals surface area contributed by atoms with Gasteiger partial charge in [-0.2, -0.15) is 0 Å². The fourth-order valence-corrected chi connectivity index (χ4v) is 2.97. The Hall–Kier alpha value is -3.93. The molecule has 3 aromatic rings. The van der Waals surface area contributed by atoms with Gasteiger partial charge in [-0.05, 0) is 47.4 Å². The van der Waals surface area contributed by atoms with Gasteiger partial charge in [-0.25, -0.2) is 4.79 Å². The van der Waals surface area contributed by atoms with Crippen molar-refractivity contribution >= 4 is 23.2 Å². The number of Topliss-reactive ketones (excluding diaryl/α,β-unsaturated/α-hetero) is 2. The molecule has 0 saturated carbocycles. The number of carboxylic acid groups (broad SMARTS) is 1. The largest absolute Gasteiger partial charge is 0.497 e. The first-order valence-electron chi connectivity index (χ1n) is 10.4. The number of carbonyl (C=O) groups excluding carboxylic acids is 2. The molecule has 0 spiro atoms. The quantitative estimate of drug-likeness (QED) is 0.297. The van der Waals surface area contributed by atoms with Gasteiger partial charge in [-0.3, -0.25) is 9.59 Å². The number of ether oxygens (including phenoxy) is 1. The Bertz CT molecular complexity index is 1110. The first-order valence-corrected chi connectivity index (χ1v) is 10.4. The van der Waals surface area contributed by atoms with Crippen molar-refractivity contribution < 1.29 is 24.2 Å². The molecule has 3 N–H and O–H groups in total. The molecule has 33 heavy (non-hydrogen) atoms. The van der Waals surface area contributed by atoms with Gasteiger partial charge in [0.15, 0.2) is 11.6 Å². The molecule has 0 bridgehead atoms. The van der Waals surface area contributed by atoms with Crippen LogP contribution in [-0.2, 0) is 5.41 Å². The van der Waals surface area contributed by atoms with Gasteiger partial charge in [0.05, 0.1) is 19.1 Å². The highest BCUT2D eigenvalue weighted by Crippen LogP contribution is 2.23. The predicted octanol–water partition coefficient (Wildman–Crippen LogP) is 5.42. The summed E-state index contributed by atoms with van der Waals surface area (Å²) in [5.74, 6) is -0.646. The van der Waals surface area contributed by atoms with E-state index >= 15 is 0 Å². The van der Waals surface area contributed by atoms with Crippen LogP contribution in [0, 0.1) is 0 Å². The van der Waals surface area contributed by atoms with Crippen molar-refractivity contribution in [1.82, 2.24) is 0 Å². The van der Waals surface area contributed by atoms with Crippen molar-refractivity contribution in [3.05, 3.63) is 95.1 Å². The Kier molecular flexibility index (Phi) is 8.51. The van der Waals surface area contributed by atoms with Crippen LogP contribution in [0.1, 0.15) is 63.8 Å². The summed E-state index contributed by atoms with van der Waals surface area (Å²) in [4.78, 5) is 34.8. The first-order chi connectivity index (χ1) is 15.5. The average Bonchev–Trinajstić information content (AvgIpc) is 2.79. The molecule has 0 aromatic heterocycles. The number of methoxy groups -OCH3 is 1. The third kappa shape index (κ3) is 7.31. The van der Waals surface area contributed by atoms with Crippen LogP contribution < -0.4 is 10.5 Å². The van der Waals surface area contributed by atoms with Crippen LogP contribution in [-0.4, -0.2) is 29.8 Å². The van der Waals surface area contributed by atoms with Crippen LogP contribution >= 0.6 is 0 Å². The second-order valence-corrected chi connectivity index (χ2v) is 8.47. The second kappa shape index (κ2) is 11.1. The zero-order valence-corrected chi connectivity index (χ0v) is 19.3. The summed E-state index contributed by atoms with van der Waals surface area (Å²) in [6, 6.07) is 20.6. The van der Waals surface area contributed by atoms with E-state index in [-0.39, 0.29) is 29.0 Å². The highest BCUT2D eigenvalue weighted by Gasteiger charge is 2.16. The van der Waals surface area contributed by atoms with Gasteiger partial charge in [-0.15, -0.1) is 0 Å². The summed E-state index contributed by atoms with van der Waals surface area (Å²) in [6.45, 7) is 6.37. The molecule has 0 heterocycles. The smallest absolute Gasteiger partial charge is 0.337 e. The number of nitrogens with two attached hydrogens (primary N) is 1. The number of benzene rings is 3. The molecular weight excluding hydrogens is 418 g/mol. The van der Waals surface area contributed by atoms with Gasteiger partial charge in [-0.1, -0.05) is 57.2 Å². The van der Waals surface area contributed by atoms with Crippen LogP contribution in [0.4, 0.5) is 5.69 Å². The van der Waals surface area contributed by atoms with E-state index in [1.54, 1.807) is 61.7 Å². The normalized spacial score (nSPS) is 10.5. The number of para-hydroxylation sites is 1. The minimum Gasteiger partial charge on any atom is -0.497 e. The van der Waals surface area contributed by atoms with E-state index in [0.717, 1.165) is 5.56 Å². The Morgan fingerprint density at radius 3 is 1.70 bits per heavy atom. The fourth-order valence-electron chi connectivity index (χ4n) is 2.97. The lowest BCUT2D eigenvalue weighted by Gasteiger charge is -2.18. The number of rotatable bonds is 6. The van der Waals surface area contributed by atoms with Crippen LogP contribution in [0.5, 0.6) is 5.75 Å². The molecule has 0 atom stereocenters. The van der Waals surface area contributed by atoms with Crippen LogP contribution in [0.2, 0.25) is 0 Å². The summed E-state index contributed by atoms with van der Waals surface area (Å²) in [7, 11) is 1.57. The Labute approximate surface area is 194 Å². The van der Waals surface area contributed by atoms with Crippen molar-refractivity contribution in [3.63, 3.8) is 0 Å². The fraction of sp³-hybridized carbons (Fsp3) is 0.222. The van der Waals surface area contributed by atoms with Crippen molar-refractivity contribution in [3.8, 4) is 5.75 Å². The van der Waals surface area contributed by atoms with Crippen molar-refractivity contribution in [2.75, 3.05) is 12.8 Å². The Morgan fingerprint density at radius 2 is 1.30 bits per heavy atom. The van der Waals surface area contributed by atoms with E-state index in [1.165, 1.54) is 6.07 Å². The molecule has 3 aromatic carbocycles. The molecule has 0 radical (unpaired) electrons. The van der Waals surface area contributed by atoms with Crippen LogP contribution in [0.25, 0.3) is 0 Å². The minimum atomic E-state index is -0.988. The van der Waals surface area contributed by atoms with Crippen LogP contribution in [0.3, 0.4) is 0 Å². The van der Waals surface area contributed by atoms with Gasteiger partial charge >= 0.3 is 5.97 Å². The monoisotopic (exact) mass is 447 g/mol. The van der Waals surface area contributed by atoms with Crippen LogP contribution in [0.15, 0.2) is 72.8 Å². The lowest BCUT2D eigenvalue weighted by Crippen LogP contribution is -2.12. The molecule has 172 valence electrons. The lowest BCUT2D eigenvalue weighted by atomic mass is 9.86. The average molecular weight is 448 g/mol. The van der Waals surface area contributed by atoms with E-state index in [0.29, 0.717) is 22.6 Å². The number of hydrogen-bond donors (Lipinski definition) is 2. The van der Waals surface area contributed by atoms with Crippen molar-refractivity contribution in [2.45, 2.75) is 32.6 Å². The lowest BCUT2D eigenvalue weighted by molar-refractivity contribution is 0.0697. The highest BCUT2D eigenvalue weighted by molar-refractivity contribution is 6.13. The summed E-state index contributed by atoms with van der Waals surface area (Å²) in [5, 5.41) is 8.49. The molecule has 0 amide bonds. The summed E-state index contributed by atoms with van der Waals surface area (Å²) in [5.41, 5.74) is 8.09. The Morgan fingerprint density at radius 1 is 0.818 bits per heavy atom. The molecule has 6 nitrogen and oxygen atoms in total. The number of aromatic carboxylic acids is 1. The summed E-state index contributed by atoms with van der Waals surface area (Å²) < 4.78 is 5.06. The molecular formula is C27H29NO5. The topological polar surface area (TPSA) is 107 Å². The van der Waals surface area contributed by atoms with Gasteiger partial charge < -0.3 is 15.6 Å². The minimum absolute atomic E-state index is 0.0422. The molecule has 0 unspecified atom stereocenters. The van der Waals surface area contributed by atoms with Gasteiger partial charge in [0.25, 0.3) is 0 Å². The van der Waals surface area contributed by atoms with Crippen molar-refractivity contribution in [2.24, 2.45) is 0 Å². The molecule has 0 fully saturated rings. The van der Waals surface area contributed by atoms with E-state index in [1.807, 2.05) is 12.1 Å². The third-order valence-electron chi connectivity index (χ3n) is 5.00. The maximum Gasteiger partial charge on any atom is 0.337 e. The van der Waals surface area contributed by atoms with E-state index in [2.05, 4.69) is 20.8 Å². The number of carboxylic acids is 1. The zero-order chi connectivity index (χ0) is 24.6. The maximum atomic E-state index is 12.3. The molecule has 0 saturated heterocycles. The molecule has 0 aliphatic rings. The van der Waals surface area contributed by atoms with Gasteiger partial charge in [0, 0.05) is 16.8 Å². The first kappa shape index (κ1) is 25.3. The summed E-state index contributed by atoms with van der Waals surface area (Å²) in [6.07, 6.45) is -0.124. The SMILES string of the molecule is COc1ccc(C(=O)CC(=O)c2ccc(C(C)(C)C)cc2)cc1.Nc1ccccc1C(=O)O. The number of nitrogen functional groups attached to an aromatic ring is 1. The zero-order valence-electron chi connectivity index (χ0n) is 19.3. The molecule has 0 aliphatic heterocycles. The van der Waals surface area contributed by atoms with Gasteiger partial charge in [0.1, 0.15) is 5.75 Å². The number of ketones is 2. The molecule has 6 heteroatoms. The van der Waals surface area contributed by atoms with E-state index < -0.39 is 5.97 Å². The van der Waals surface area contributed by atoms with E-state index in [4.69, 9.17) is 15.6 Å². The number of anilines is 1. The molecule has 3 rings (SSSR count). The Balaban J connectivity index is 0.000000321. The maximum absolute atomic E-state index is 12.3. The van der Waals surface area contributed by atoms with E-state index in [9.17, 15) is 14.4 Å². The highest BCUT2D eigenvalue weighted by atomic mass is 16.5.